The Labute approximate surface area is 65.0 Å². The van der Waals surface area contributed by atoms with Gasteiger partial charge in [0.15, 0.2) is 0 Å². The molecule has 0 aromatic carbocycles. The third-order valence-electron chi connectivity index (χ3n) is 0.947. The van der Waals surface area contributed by atoms with E-state index in [1.807, 2.05) is 5.09 Å². The molecule has 0 fully saturated rings. The molecule has 5 nitrogen and oxygen atoms in total. The van der Waals surface area contributed by atoms with Gasteiger partial charge in [-0.25, -0.2) is 4.57 Å². The molecule has 3 N–H and O–H groups in total. The average molecular weight is 177 g/mol. The fourth-order valence-corrected chi connectivity index (χ4v) is 0.679. The molecule has 0 bridgehead atoms. The number of carbonyl (C=O) groups is 1. The minimum absolute atomic E-state index is 0.00384. The van der Waals surface area contributed by atoms with E-state index in [1.165, 1.54) is 0 Å². The third kappa shape index (κ3) is 3.83. The summed E-state index contributed by atoms with van der Waals surface area (Å²) in [5.74, 6) is -0.654. The molecule has 0 aromatic rings. The van der Waals surface area contributed by atoms with Crippen LogP contribution in [0.25, 0.3) is 0 Å². The number of aliphatic hydroxyl groups is 2. The lowest BCUT2D eigenvalue weighted by Gasteiger charge is -1.98. The predicted octanol–water partition coefficient (Wildman–Crippen LogP) is -0.780. The molecular weight excluding hydrogens is 169 g/mol. The van der Waals surface area contributed by atoms with Crippen molar-refractivity contribution in [2.45, 2.75) is 0 Å². The van der Waals surface area contributed by atoms with Crippen LogP contribution in [0.15, 0.2) is 11.6 Å². The number of carbonyl (C=O) groups excluding carboxylic acids is 1. The molecular formula is C5H8NO4P. The Morgan fingerprint density at radius 2 is 2.18 bits per heavy atom. The molecule has 0 aliphatic carbocycles. The highest BCUT2D eigenvalue weighted by molar-refractivity contribution is 7.22. The summed E-state index contributed by atoms with van der Waals surface area (Å²) in [6.45, 7) is -0.818. The molecule has 0 aliphatic heterocycles. The smallest absolute Gasteiger partial charge is 0.281 e. The number of nitrogens with one attached hydrogen (secondary N) is 1. The van der Waals surface area contributed by atoms with Crippen LogP contribution in [0.5, 0.6) is 0 Å². The van der Waals surface area contributed by atoms with Gasteiger partial charge in [-0.05, 0) is 6.08 Å². The van der Waals surface area contributed by atoms with Crippen molar-refractivity contribution in [3.63, 3.8) is 0 Å². The van der Waals surface area contributed by atoms with Crippen LogP contribution in [0.3, 0.4) is 0 Å². The van der Waals surface area contributed by atoms with Gasteiger partial charge < -0.3 is 10.2 Å². The van der Waals surface area contributed by atoms with E-state index in [9.17, 15) is 9.36 Å². The summed E-state index contributed by atoms with van der Waals surface area (Å²) in [6, 6.07) is 0. The molecule has 11 heavy (non-hydrogen) atoms. The Hall–Kier alpha value is -0.770. The van der Waals surface area contributed by atoms with Crippen molar-refractivity contribution < 1.29 is 19.6 Å². The van der Waals surface area contributed by atoms with Gasteiger partial charge in [0, 0.05) is 5.57 Å². The highest BCUT2D eigenvalue weighted by Gasteiger charge is 2.05. The van der Waals surface area contributed by atoms with E-state index in [-0.39, 0.29) is 12.2 Å². The van der Waals surface area contributed by atoms with Gasteiger partial charge >= 0.3 is 0 Å². The minimum Gasteiger partial charge on any atom is -0.392 e. The molecule has 0 spiro atoms. The normalized spacial score (nSPS) is 11.6. The van der Waals surface area contributed by atoms with Crippen molar-refractivity contribution in [1.29, 1.82) is 0 Å². The molecule has 0 aromatic heterocycles. The zero-order chi connectivity index (χ0) is 8.69. The van der Waals surface area contributed by atoms with Crippen LogP contribution in [-0.4, -0.2) is 29.3 Å². The van der Waals surface area contributed by atoms with Gasteiger partial charge in [0.2, 0.25) is 0 Å². The fourth-order valence-electron chi connectivity index (χ4n) is 0.453. The zero-order valence-electron chi connectivity index (χ0n) is 5.65. The lowest BCUT2D eigenvalue weighted by molar-refractivity contribution is -0.116. The Morgan fingerprint density at radius 1 is 1.55 bits per heavy atom. The first-order chi connectivity index (χ1) is 5.26. The molecule has 0 radical (unpaired) electrons. The lowest BCUT2D eigenvalue weighted by Crippen LogP contribution is -2.18. The Bertz CT molecular complexity index is 179. The van der Waals surface area contributed by atoms with Crippen LogP contribution in [0.1, 0.15) is 0 Å². The average Bonchev–Trinajstić information content (AvgIpc) is 2.00. The first kappa shape index (κ1) is 10.2. The van der Waals surface area contributed by atoms with Crippen LogP contribution in [0, 0.1) is 0 Å². The SMILES string of the molecule is O=PNC(=O)C(=CCO)CO. The van der Waals surface area contributed by atoms with Gasteiger partial charge in [0.1, 0.15) is 0 Å². The molecule has 0 heterocycles. The standard InChI is InChI=1S/C5H8NO4P/c7-2-1-4(3-8)5(9)6-11-10/h1,7-8H,2-3H2,(H,6,9,10). The first-order valence-corrected chi connectivity index (χ1v) is 3.61. The van der Waals surface area contributed by atoms with E-state index in [0.717, 1.165) is 6.08 Å². The molecule has 0 saturated heterocycles. The Morgan fingerprint density at radius 3 is 2.55 bits per heavy atom. The van der Waals surface area contributed by atoms with Crippen LogP contribution >= 0.6 is 8.61 Å². The second kappa shape index (κ2) is 5.97. The van der Waals surface area contributed by atoms with Crippen LogP contribution < -0.4 is 5.09 Å². The number of hydrogen-bond acceptors (Lipinski definition) is 4. The molecule has 0 aliphatic rings. The monoisotopic (exact) mass is 177 g/mol. The molecule has 0 rings (SSSR count). The van der Waals surface area contributed by atoms with E-state index < -0.39 is 21.1 Å². The second-order valence-electron chi connectivity index (χ2n) is 1.60. The highest BCUT2D eigenvalue weighted by atomic mass is 31.1. The summed E-state index contributed by atoms with van der Waals surface area (Å²) in [6.07, 6.45) is 1.14. The zero-order valence-corrected chi connectivity index (χ0v) is 6.54. The number of amides is 1. The van der Waals surface area contributed by atoms with Crippen LogP contribution in [-0.2, 0) is 9.36 Å². The van der Waals surface area contributed by atoms with Crippen molar-refractivity contribution in [2.75, 3.05) is 13.2 Å². The van der Waals surface area contributed by atoms with Crippen molar-refractivity contribution >= 4 is 14.5 Å². The number of aliphatic hydroxyl groups excluding tert-OH is 2. The van der Waals surface area contributed by atoms with Gasteiger partial charge in [-0.15, -0.1) is 0 Å². The van der Waals surface area contributed by atoms with Crippen molar-refractivity contribution in [2.24, 2.45) is 0 Å². The Kier molecular flexibility index (Phi) is 5.56. The van der Waals surface area contributed by atoms with Crippen molar-refractivity contribution in [1.82, 2.24) is 5.09 Å². The fraction of sp³-hybridized carbons (Fsp3) is 0.400. The van der Waals surface area contributed by atoms with Gasteiger partial charge in [0.05, 0.1) is 13.2 Å². The molecule has 1 amide bonds. The largest absolute Gasteiger partial charge is 0.392 e. The van der Waals surface area contributed by atoms with E-state index in [1.54, 1.807) is 0 Å². The van der Waals surface area contributed by atoms with Gasteiger partial charge in [-0.3, -0.25) is 9.88 Å². The molecule has 0 unspecified atom stereocenters. The summed E-state index contributed by atoms with van der Waals surface area (Å²) in [7, 11) is -0.524. The second-order valence-corrected chi connectivity index (χ2v) is 2.01. The minimum atomic E-state index is -0.654. The van der Waals surface area contributed by atoms with E-state index in [2.05, 4.69) is 0 Å². The number of rotatable bonds is 4. The molecule has 0 saturated carbocycles. The van der Waals surface area contributed by atoms with Crippen LogP contribution in [0.2, 0.25) is 0 Å². The van der Waals surface area contributed by atoms with Gasteiger partial charge in [0.25, 0.3) is 14.5 Å². The summed E-state index contributed by atoms with van der Waals surface area (Å²) in [5.41, 5.74) is -0.00384. The van der Waals surface area contributed by atoms with E-state index in [4.69, 9.17) is 10.2 Å². The summed E-state index contributed by atoms with van der Waals surface area (Å²) in [4.78, 5) is 10.7. The number of hydrogen-bond donors (Lipinski definition) is 3. The quantitative estimate of drug-likeness (QED) is 0.388. The summed E-state index contributed by atoms with van der Waals surface area (Å²) >= 11 is 0. The maximum Gasteiger partial charge on any atom is 0.281 e. The van der Waals surface area contributed by atoms with Crippen LogP contribution in [0.4, 0.5) is 0 Å². The molecule has 6 heteroatoms. The third-order valence-corrected chi connectivity index (χ3v) is 1.24. The first-order valence-electron chi connectivity index (χ1n) is 2.79. The van der Waals surface area contributed by atoms with Crippen molar-refractivity contribution in [3.05, 3.63) is 11.6 Å². The maximum absolute atomic E-state index is 10.7. The summed E-state index contributed by atoms with van der Waals surface area (Å²) in [5, 5.41) is 18.8. The lowest BCUT2D eigenvalue weighted by atomic mass is 10.2. The van der Waals surface area contributed by atoms with E-state index in [0.29, 0.717) is 0 Å². The Balaban J connectivity index is 4.13. The van der Waals surface area contributed by atoms with Gasteiger partial charge in [-0.1, -0.05) is 0 Å². The highest BCUT2D eigenvalue weighted by Crippen LogP contribution is 1.95. The maximum atomic E-state index is 10.7. The molecule has 0 atom stereocenters. The predicted molar refractivity (Wildman–Crippen MR) is 38.0 cm³/mol. The van der Waals surface area contributed by atoms with Gasteiger partial charge in [-0.2, -0.15) is 0 Å². The summed E-state index contributed by atoms with van der Waals surface area (Å²) < 4.78 is 9.83. The van der Waals surface area contributed by atoms with Crippen molar-refractivity contribution in [3.8, 4) is 0 Å². The topological polar surface area (TPSA) is 86.6 Å². The molecule has 62 valence electrons. The van der Waals surface area contributed by atoms with E-state index >= 15 is 0 Å².